The van der Waals surface area contributed by atoms with Crippen LogP contribution in [0.4, 0.5) is 5.69 Å². The normalized spacial score (nSPS) is 22.7. The Bertz CT molecular complexity index is 512. The Morgan fingerprint density at radius 2 is 2.26 bits per heavy atom. The van der Waals surface area contributed by atoms with Crippen molar-refractivity contribution in [2.75, 3.05) is 12.3 Å². The zero-order chi connectivity index (χ0) is 14.2. The summed E-state index contributed by atoms with van der Waals surface area (Å²) in [4.78, 5) is 24.8. The van der Waals surface area contributed by atoms with Crippen LogP contribution in [-0.4, -0.2) is 50.7 Å². The van der Waals surface area contributed by atoms with E-state index in [1.54, 1.807) is 0 Å². The highest BCUT2D eigenvalue weighted by Crippen LogP contribution is 2.23. The number of aromatic nitrogens is 2. The molecule has 8 nitrogen and oxygen atoms in total. The summed E-state index contributed by atoms with van der Waals surface area (Å²) in [7, 11) is 0. The summed E-state index contributed by atoms with van der Waals surface area (Å²) >= 11 is 0. The van der Waals surface area contributed by atoms with Crippen molar-refractivity contribution in [2.45, 2.75) is 31.9 Å². The summed E-state index contributed by atoms with van der Waals surface area (Å²) in [6, 6.07) is -0.816. The van der Waals surface area contributed by atoms with Crippen molar-refractivity contribution in [3.63, 3.8) is 0 Å². The number of aryl methyl sites for hydroxylation is 1. The molecule has 1 aromatic heterocycles. The Hall–Kier alpha value is -2.09. The minimum absolute atomic E-state index is 0.0558. The first kappa shape index (κ1) is 13.3. The predicted molar refractivity (Wildman–Crippen MR) is 67.0 cm³/mol. The van der Waals surface area contributed by atoms with Crippen LogP contribution < -0.4 is 11.5 Å². The van der Waals surface area contributed by atoms with E-state index in [0.717, 1.165) is 0 Å². The molecular formula is C11H17N5O3. The molecule has 1 aliphatic rings. The van der Waals surface area contributed by atoms with Crippen LogP contribution in [0.5, 0.6) is 0 Å². The zero-order valence-corrected chi connectivity index (χ0v) is 10.6. The van der Waals surface area contributed by atoms with Gasteiger partial charge in [0.15, 0.2) is 5.69 Å². The van der Waals surface area contributed by atoms with E-state index < -0.39 is 24.0 Å². The molecule has 0 radical (unpaired) electrons. The number of hydrogen-bond acceptors (Lipinski definition) is 5. The molecule has 0 aliphatic carbocycles. The van der Waals surface area contributed by atoms with Crippen LogP contribution in [0.3, 0.4) is 0 Å². The number of carbonyl (C=O) groups is 2. The molecule has 0 aromatic carbocycles. The number of anilines is 1. The summed E-state index contributed by atoms with van der Waals surface area (Å²) in [5.41, 5.74) is 12.1. The molecule has 2 amide bonds. The van der Waals surface area contributed by atoms with Crippen LogP contribution in [-0.2, 0) is 11.2 Å². The van der Waals surface area contributed by atoms with Gasteiger partial charge in [-0.1, -0.05) is 6.92 Å². The van der Waals surface area contributed by atoms with Crippen LogP contribution in [0.15, 0.2) is 0 Å². The number of aliphatic hydroxyl groups excluding tert-OH is 1. The van der Waals surface area contributed by atoms with Crippen molar-refractivity contribution in [3.8, 4) is 0 Å². The van der Waals surface area contributed by atoms with Crippen LogP contribution >= 0.6 is 0 Å². The van der Waals surface area contributed by atoms with E-state index in [0.29, 0.717) is 12.1 Å². The third-order valence-electron chi connectivity index (χ3n) is 3.31. The Morgan fingerprint density at radius 1 is 1.58 bits per heavy atom. The van der Waals surface area contributed by atoms with Gasteiger partial charge in [-0.2, -0.15) is 5.10 Å². The molecule has 2 unspecified atom stereocenters. The predicted octanol–water partition coefficient (Wildman–Crippen LogP) is -1.38. The number of aromatic amines is 1. The van der Waals surface area contributed by atoms with Crippen LogP contribution in [0.1, 0.15) is 29.5 Å². The van der Waals surface area contributed by atoms with Gasteiger partial charge in [-0.3, -0.25) is 14.7 Å². The van der Waals surface area contributed by atoms with E-state index in [1.165, 1.54) is 4.90 Å². The molecule has 8 heteroatoms. The fraction of sp³-hybridized carbons (Fsp3) is 0.545. The number of nitrogens with one attached hydrogen (secondary N) is 1. The summed E-state index contributed by atoms with van der Waals surface area (Å²) in [6.45, 7) is 1.93. The minimum Gasteiger partial charge on any atom is -0.395 e. The van der Waals surface area contributed by atoms with Gasteiger partial charge in [0.25, 0.3) is 5.91 Å². The molecule has 6 N–H and O–H groups in total. The number of nitrogens with zero attached hydrogens (tertiary/aromatic N) is 2. The molecule has 2 atom stereocenters. The second-order valence-corrected chi connectivity index (χ2v) is 4.58. The molecule has 0 spiro atoms. The Kier molecular flexibility index (Phi) is 3.43. The van der Waals surface area contributed by atoms with E-state index in [1.807, 2.05) is 6.92 Å². The standard InChI is InChI=1S/C11H17N5O3/c1-2-6-8(12)9(15-14-6)11(19)16-4-5(17)3-7(16)10(13)18/h5,7,17H,2-4,12H2,1H3,(H2,13,18)(H,14,15). The highest BCUT2D eigenvalue weighted by atomic mass is 16.3. The molecule has 1 aliphatic heterocycles. The van der Waals surface area contributed by atoms with E-state index in [2.05, 4.69) is 10.2 Å². The Labute approximate surface area is 109 Å². The van der Waals surface area contributed by atoms with Gasteiger partial charge < -0.3 is 21.5 Å². The average Bonchev–Trinajstić information content (AvgIpc) is 2.91. The van der Waals surface area contributed by atoms with Crippen molar-refractivity contribution >= 4 is 17.5 Å². The van der Waals surface area contributed by atoms with Crippen LogP contribution in [0.2, 0.25) is 0 Å². The SMILES string of the molecule is CCc1[nH]nc(C(=O)N2CC(O)CC2C(N)=O)c1N. The molecule has 0 saturated carbocycles. The van der Waals surface area contributed by atoms with Crippen LogP contribution in [0, 0.1) is 0 Å². The topological polar surface area (TPSA) is 138 Å². The zero-order valence-electron chi connectivity index (χ0n) is 10.6. The summed E-state index contributed by atoms with van der Waals surface area (Å²) in [5.74, 6) is -1.14. The highest BCUT2D eigenvalue weighted by molar-refractivity contribution is 6.00. The van der Waals surface area contributed by atoms with Gasteiger partial charge in [0.05, 0.1) is 17.5 Å². The van der Waals surface area contributed by atoms with Gasteiger partial charge >= 0.3 is 0 Å². The molecule has 0 bridgehead atoms. The van der Waals surface area contributed by atoms with Crippen molar-refractivity contribution in [2.24, 2.45) is 5.73 Å². The molecule has 1 aromatic rings. The smallest absolute Gasteiger partial charge is 0.277 e. The van der Waals surface area contributed by atoms with Gasteiger partial charge in [-0.25, -0.2) is 0 Å². The lowest BCUT2D eigenvalue weighted by Crippen LogP contribution is -2.44. The number of H-pyrrole nitrogens is 1. The van der Waals surface area contributed by atoms with Gasteiger partial charge in [0.2, 0.25) is 5.91 Å². The largest absolute Gasteiger partial charge is 0.395 e. The van der Waals surface area contributed by atoms with Gasteiger partial charge in [-0.05, 0) is 6.42 Å². The summed E-state index contributed by atoms with van der Waals surface area (Å²) in [6.07, 6.45) is 0.00675. The lowest BCUT2D eigenvalue weighted by atomic mass is 10.2. The van der Waals surface area contributed by atoms with E-state index in [-0.39, 0.29) is 24.3 Å². The number of rotatable bonds is 3. The molecule has 1 fully saturated rings. The van der Waals surface area contributed by atoms with E-state index in [9.17, 15) is 14.7 Å². The number of primary amides is 1. The van der Waals surface area contributed by atoms with Crippen molar-refractivity contribution < 1.29 is 14.7 Å². The van der Waals surface area contributed by atoms with Crippen molar-refractivity contribution in [3.05, 3.63) is 11.4 Å². The van der Waals surface area contributed by atoms with Gasteiger partial charge in [0.1, 0.15) is 6.04 Å². The summed E-state index contributed by atoms with van der Waals surface area (Å²) in [5, 5.41) is 16.1. The second-order valence-electron chi connectivity index (χ2n) is 4.58. The number of β-amino-alcohol motifs (C(OH)–C–C–N with tert-alkyl or cyclic N) is 1. The number of hydrogen-bond donors (Lipinski definition) is 4. The van der Waals surface area contributed by atoms with Gasteiger partial charge in [-0.15, -0.1) is 0 Å². The summed E-state index contributed by atoms with van der Waals surface area (Å²) < 4.78 is 0. The monoisotopic (exact) mass is 267 g/mol. The van der Waals surface area contributed by atoms with E-state index >= 15 is 0 Å². The molecule has 1 saturated heterocycles. The third-order valence-corrected chi connectivity index (χ3v) is 3.31. The molecular weight excluding hydrogens is 250 g/mol. The molecule has 2 rings (SSSR count). The number of amides is 2. The maximum Gasteiger partial charge on any atom is 0.277 e. The van der Waals surface area contributed by atoms with Crippen molar-refractivity contribution in [1.82, 2.24) is 15.1 Å². The van der Waals surface area contributed by atoms with Crippen molar-refractivity contribution in [1.29, 1.82) is 0 Å². The quantitative estimate of drug-likeness (QED) is 0.534. The van der Waals surface area contributed by atoms with Crippen LogP contribution in [0.25, 0.3) is 0 Å². The molecule has 19 heavy (non-hydrogen) atoms. The average molecular weight is 267 g/mol. The number of aliphatic hydroxyl groups is 1. The molecule has 104 valence electrons. The number of carbonyl (C=O) groups excluding carboxylic acids is 2. The Balaban J connectivity index is 2.27. The first-order chi connectivity index (χ1) is 8.95. The lowest BCUT2D eigenvalue weighted by Gasteiger charge is -2.20. The highest BCUT2D eigenvalue weighted by Gasteiger charge is 2.39. The maximum atomic E-state index is 12.3. The number of nitrogens with two attached hydrogens (primary N) is 2. The maximum absolute atomic E-state index is 12.3. The first-order valence-electron chi connectivity index (χ1n) is 6.06. The number of likely N-dealkylation sites (tertiary alicyclic amines) is 1. The van der Waals surface area contributed by atoms with Gasteiger partial charge in [0, 0.05) is 13.0 Å². The lowest BCUT2D eigenvalue weighted by molar-refractivity contribution is -0.121. The van der Waals surface area contributed by atoms with E-state index in [4.69, 9.17) is 11.5 Å². The minimum atomic E-state index is -0.816. The fourth-order valence-corrected chi connectivity index (χ4v) is 2.26. The molecule has 2 heterocycles. The third kappa shape index (κ3) is 2.26. The fourth-order valence-electron chi connectivity index (χ4n) is 2.26. The second kappa shape index (κ2) is 4.88. The number of nitrogen functional groups attached to an aromatic ring is 1. The Morgan fingerprint density at radius 3 is 2.79 bits per heavy atom. The first-order valence-corrected chi connectivity index (χ1v) is 6.06.